The number of rotatable bonds is 1. The molecule has 0 saturated heterocycles. The molecular formula is C16H24N2O2. The molecule has 4 nitrogen and oxygen atoms in total. The maximum atomic E-state index is 12.4. The summed E-state index contributed by atoms with van der Waals surface area (Å²) < 4.78 is 5.53. The van der Waals surface area contributed by atoms with Gasteiger partial charge in [0, 0.05) is 13.1 Å². The third-order valence-corrected chi connectivity index (χ3v) is 3.22. The molecule has 1 aliphatic heterocycles. The summed E-state index contributed by atoms with van der Waals surface area (Å²) in [6.07, 6.45) is -0.270. The van der Waals surface area contributed by atoms with Crippen molar-refractivity contribution < 1.29 is 9.53 Å². The molecule has 0 radical (unpaired) electrons. The van der Waals surface area contributed by atoms with Gasteiger partial charge in [0.25, 0.3) is 0 Å². The molecule has 1 aromatic carbocycles. The average molecular weight is 276 g/mol. The van der Waals surface area contributed by atoms with Crippen LogP contribution in [0, 0.1) is 0 Å². The van der Waals surface area contributed by atoms with Crippen LogP contribution in [0.4, 0.5) is 16.2 Å². The van der Waals surface area contributed by atoms with Gasteiger partial charge in [-0.1, -0.05) is 26.0 Å². The van der Waals surface area contributed by atoms with E-state index in [1.165, 1.54) is 5.56 Å². The van der Waals surface area contributed by atoms with E-state index in [4.69, 9.17) is 4.74 Å². The van der Waals surface area contributed by atoms with Gasteiger partial charge in [-0.25, -0.2) is 4.79 Å². The molecule has 0 aliphatic carbocycles. The van der Waals surface area contributed by atoms with E-state index in [0.29, 0.717) is 12.5 Å². The monoisotopic (exact) mass is 276 g/mol. The molecule has 1 heterocycles. The van der Waals surface area contributed by atoms with Crippen molar-refractivity contribution in [2.75, 3.05) is 23.3 Å². The summed E-state index contributed by atoms with van der Waals surface area (Å²) in [4.78, 5) is 14.2. The van der Waals surface area contributed by atoms with Crippen LogP contribution in [0.1, 0.15) is 46.1 Å². The minimum Gasteiger partial charge on any atom is -0.443 e. The van der Waals surface area contributed by atoms with Gasteiger partial charge < -0.3 is 10.1 Å². The lowest BCUT2D eigenvalue weighted by Crippen LogP contribution is -2.42. The van der Waals surface area contributed by atoms with Crippen molar-refractivity contribution in [2.24, 2.45) is 0 Å². The smallest absolute Gasteiger partial charge is 0.414 e. The van der Waals surface area contributed by atoms with Crippen LogP contribution in [-0.4, -0.2) is 24.8 Å². The highest BCUT2D eigenvalue weighted by Crippen LogP contribution is 2.37. The van der Waals surface area contributed by atoms with E-state index in [9.17, 15) is 4.79 Å². The first kappa shape index (κ1) is 14.7. The van der Waals surface area contributed by atoms with Crippen molar-refractivity contribution >= 4 is 17.5 Å². The SMILES string of the molecule is CC(C)c1cccc2c1N(C(=O)OC(C)(C)C)CCN2. The minimum atomic E-state index is -0.477. The van der Waals surface area contributed by atoms with Crippen LogP contribution in [0.2, 0.25) is 0 Å². The molecule has 110 valence electrons. The van der Waals surface area contributed by atoms with Crippen LogP contribution in [0.15, 0.2) is 18.2 Å². The summed E-state index contributed by atoms with van der Waals surface area (Å²) in [5.74, 6) is 0.356. The number of nitrogens with zero attached hydrogens (tertiary/aromatic N) is 1. The van der Waals surface area contributed by atoms with Gasteiger partial charge in [0.05, 0.1) is 11.4 Å². The molecule has 1 aliphatic rings. The van der Waals surface area contributed by atoms with Crippen LogP contribution in [0.25, 0.3) is 0 Å². The molecule has 0 fully saturated rings. The van der Waals surface area contributed by atoms with Crippen molar-refractivity contribution in [2.45, 2.75) is 46.1 Å². The standard InChI is InChI=1S/C16H24N2O2/c1-11(2)12-7-6-8-13-14(12)18(10-9-17-13)15(19)20-16(3,4)5/h6-8,11,17H,9-10H2,1-5H3. The van der Waals surface area contributed by atoms with Crippen molar-refractivity contribution in [1.29, 1.82) is 0 Å². The second kappa shape index (κ2) is 5.35. The predicted octanol–water partition coefficient (Wildman–Crippen LogP) is 3.98. The van der Waals surface area contributed by atoms with E-state index in [2.05, 4.69) is 25.2 Å². The van der Waals surface area contributed by atoms with Gasteiger partial charge in [-0.05, 0) is 38.3 Å². The van der Waals surface area contributed by atoms with Crippen LogP contribution >= 0.6 is 0 Å². The first-order valence-electron chi connectivity index (χ1n) is 7.17. The van der Waals surface area contributed by atoms with Gasteiger partial charge in [0.2, 0.25) is 0 Å². The lowest BCUT2D eigenvalue weighted by atomic mass is 9.98. The number of ether oxygens (including phenoxy) is 1. The Hall–Kier alpha value is -1.71. The van der Waals surface area contributed by atoms with Crippen molar-refractivity contribution in [3.63, 3.8) is 0 Å². The second-order valence-electron chi connectivity index (χ2n) is 6.46. The Kier molecular flexibility index (Phi) is 3.93. The molecule has 4 heteroatoms. The molecule has 20 heavy (non-hydrogen) atoms. The van der Waals surface area contributed by atoms with E-state index in [-0.39, 0.29) is 6.09 Å². The van der Waals surface area contributed by atoms with Crippen molar-refractivity contribution in [3.05, 3.63) is 23.8 Å². The minimum absolute atomic E-state index is 0.270. The number of hydrogen-bond acceptors (Lipinski definition) is 3. The second-order valence-corrected chi connectivity index (χ2v) is 6.46. The van der Waals surface area contributed by atoms with E-state index in [1.54, 1.807) is 4.90 Å². The first-order valence-corrected chi connectivity index (χ1v) is 7.17. The van der Waals surface area contributed by atoms with Crippen molar-refractivity contribution in [3.8, 4) is 0 Å². The molecule has 1 amide bonds. The number of amides is 1. The summed E-state index contributed by atoms with van der Waals surface area (Å²) in [5, 5.41) is 3.36. The largest absolute Gasteiger partial charge is 0.443 e. The average Bonchev–Trinajstić information content (AvgIpc) is 2.35. The van der Waals surface area contributed by atoms with E-state index in [1.807, 2.05) is 32.9 Å². The Morgan fingerprint density at radius 1 is 1.35 bits per heavy atom. The van der Waals surface area contributed by atoms with Crippen LogP contribution in [0.5, 0.6) is 0 Å². The fourth-order valence-corrected chi connectivity index (χ4v) is 2.38. The zero-order valence-electron chi connectivity index (χ0n) is 13.0. The number of benzene rings is 1. The molecular weight excluding hydrogens is 252 g/mol. The van der Waals surface area contributed by atoms with E-state index < -0.39 is 5.60 Å². The van der Waals surface area contributed by atoms with E-state index >= 15 is 0 Å². The normalized spacial score (nSPS) is 14.8. The van der Waals surface area contributed by atoms with Crippen molar-refractivity contribution in [1.82, 2.24) is 0 Å². The van der Waals surface area contributed by atoms with Gasteiger partial charge in [-0.2, -0.15) is 0 Å². The fraction of sp³-hybridized carbons (Fsp3) is 0.562. The maximum absolute atomic E-state index is 12.4. The van der Waals surface area contributed by atoms with Gasteiger partial charge in [-0.3, -0.25) is 4.90 Å². The number of nitrogens with one attached hydrogen (secondary N) is 1. The zero-order chi connectivity index (χ0) is 14.9. The zero-order valence-corrected chi connectivity index (χ0v) is 13.0. The maximum Gasteiger partial charge on any atom is 0.414 e. The first-order chi connectivity index (χ1) is 9.29. The molecule has 1 aromatic rings. The predicted molar refractivity (Wildman–Crippen MR) is 82.6 cm³/mol. The summed E-state index contributed by atoms with van der Waals surface area (Å²) in [7, 11) is 0. The molecule has 0 bridgehead atoms. The number of anilines is 2. The Morgan fingerprint density at radius 2 is 2.05 bits per heavy atom. The highest BCUT2D eigenvalue weighted by molar-refractivity contribution is 5.95. The Labute approximate surface area is 121 Å². The summed E-state index contributed by atoms with van der Waals surface area (Å²) >= 11 is 0. The summed E-state index contributed by atoms with van der Waals surface area (Å²) in [5.41, 5.74) is 2.66. The highest BCUT2D eigenvalue weighted by atomic mass is 16.6. The third kappa shape index (κ3) is 3.06. The molecule has 2 rings (SSSR count). The van der Waals surface area contributed by atoms with Gasteiger partial charge in [0.1, 0.15) is 5.60 Å². The van der Waals surface area contributed by atoms with Crippen LogP contribution in [0.3, 0.4) is 0 Å². The van der Waals surface area contributed by atoms with Gasteiger partial charge in [-0.15, -0.1) is 0 Å². The van der Waals surface area contributed by atoms with E-state index in [0.717, 1.165) is 17.9 Å². The molecule has 0 aromatic heterocycles. The highest BCUT2D eigenvalue weighted by Gasteiger charge is 2.29. The molecule has 0 atom stereocenters. The number of hydrogen-bond donors (Lipinski definition) is 1. The fourth-order valence-electron chi connectivity index (χ4n) is 2.38. The number of carbonyl (C=O) groups is 1. The summed E-state index contributed by atoms with van der Waals surface area (Å²) in [6, 6.07) is 6.12. The Morgan fingerprint density at radius 3 is 2.65 bits per heavy atom. The Balaban J connectivity index is 2.39. The number of carbonyl (C=O) groups excluding carboxylic acids is 1. The van der Waals surface area contributed by atoms with Gasteiger partial charge >= 0.3 is 6.09 Å². The quantitative estimate of drug-likeness (QED) is 0.843. The lowest BCUT2D eigenvalue weighted by molar-refractivity contribution is 0.0580. The van der Waals surface area contributed by atoms with Crippen LogP contribution in [-0.2, 0) is 4.74 Å². The van der Waals surface area contributed by atoms with Gasteiger partial charge in [0.15, 0.2) is 0 Å². The number of fused-ring (bicyclic) bond motifs is 1. The summed E-state index contributed by atoms with van der Waals surface area (Å²) in [6.45, 7) is 11.3. The Bertz CT molecular complexity index is 504. The van der Waals surface area contributed by atoms with Crippen LogP contribution < -0.4 is 10.2 Å². The molecule has 0 spiro atoms. The molecule has 0 unspecified atom stereocenters. The number of para-hydroxylation sites is 1. The lowest BCUT2D eigenvalue weighted by Gasteiger charge is -2.34. The molecule has 1 N–H and O–H groups in total. The third-order valence-electron chi connectivity index (χ3n) is 3.22. The topological polar surface area (TPSA) is 41.6 Å². The molecule has 0 saturated carbocycles.